The normalized spacial score (nSPS) is 10.1. The Morgan fingerprint density at radius 1 is 1.25 bits per heavy atom. The first-order chi connectivity index (χ1) is 7.65. The fraction of sp³-hybridized carbons (Fsp3) is 0. The number of halogens is 2. The zero-order valence-corrected chi connectivity index (χ0v) is 10.5. The predicted octanol–water partition coefficient (Wildman–Crippen LogP) is 3.87. The van der Waals surface area contributed by atoms with Gasteiger partial charge in [0.1, 0.15) is 5.75 Å². The standard InChI is InChI=1S/C11H8BrClN2O/c12-10-5-7(13)6-15-11(10)16-9-3-1-8(14)2-4-9/h1-6H,14H2. The summed E-state index contributed by atoms with van der Waals surface area (Å²) in [5, 5.41) is 0.552. The van der Waals surface area contributed by atoms with E-state index in [0.717, 1.165) is 0 Å². The summed E-state index contributed by atoms with van der Waals surface area (Å²) < 4.78 is 6.25. The smallest absolute Gasteiger partial charge is 0.233 e. The van der Waals surface area contributed by atoms with E-state index in [1.165, 1.54) is 6.20 Å². The fourth-order valence-corrected chi connectivity index (χ4v) is 1.84. The molecule has 5 heteroatoms. The molecule has 0 spiro atoms. The highest BCUT2D eigenvalue weighted by Gasteiger charge is 2.04. The molecule has 0 radical (unpaired) electrons. The Kier molecular flexibility index (Phi) is 3.31. The molecular formula is C11H8BrClN2O. The summed E-state index contributed by atoms with van der Waals surface area (Å²) in [7, 11) is 0. The van der Waals surface area contributed by atoms with Gasteiger partial charge in [0.2, 0.25) is 5.88 Å². The highest BCUT2D eigenvalue weighted by Crippen LogP contribution is 2.29. The van der Waals surface area contributed by atoms with E-state index in [2.05, 4.69) is 20.9 Å². The summed E-state index contributed by atoms with van der Waals surface area (Å²) in [5.74, 6) is 1.14. The van der Waals surface area contributed by atoms with E-state index in [4.69, 9.17) is 22.1 Å². The molecule has 0 unspecified atom stereocenters. The maximum atomic E-state index is 5.78. The first-order valence-corrected chi connectivity index (χ1v) is 5.67. The molecule has 1 heterocycles. The number of ether oxygens (including phenoxy) is 1. The molecule has 2 aromatic rings. The summed E-state index contributed by atoms with van der Waals surface area (Å²) in [6.07, 6.45) is 1.53. The van der Waals surface area contributed by atoms with Gasteiger partial charge in [0.15, 0.2) is 0 Å². The predicted molar refractivity (Wildman–Crippen MR) is 67.9 cm³/mol. The van der Waals surface area contributed by atoms with E-state index in [0.29, 0.717) is 26.8 Å². The first kappa shape index (κ1) is 11.2. The second-order valence-corrected chi connectivity index (χ2v) is 4.40. The van der Waals surface area contributed by atoms with Crippen LogP contribution in [0.2, 0.25) is 5.02 Å². The molecule has 1 aromatic heterocycles. The van der Waals surface area contributed by atoms with Crippen molar-refractivity contribution in [1.82, 2.24) is 4.98 Å². The van der Waals surface area contributed by atoms with Crippen molar-refractivity contribution < 1.29 is 4.74 Å². The van der Waals surface area contributed by atoms with Crippen molar-refractivity contribution in [3.05, 3.63) is 46.0 Å². The number of benzene rings is 1. The molecule has 2 rings (SSSR count). The van der Waals surface area contributed by atoms with Crippen molar-refractivity contribution >= 4 is 33.2 Å². The van der Waals surface area contributed by atoms with Gasteiger partial charge in [-0.25, -0.2) is 4.98 Å². The van der Waals surface area contributed by atoms with Crippen LogP contribution in [0.4, 0.5) is 5.69 Å². The SMILES string of the molecule is Nc1ccc(Oc2ncc(Cl)cc2Br)cc1. The van der Waals surface area contributed by atoms with E-state index in [1.807, 2.05) is 0 Å². The number of rotatable bonds is 2. The summed E-state index contributed by atoms with van der Waals surface area (Å²) in [6.45, 7) is 0. The van der Waals surface area contributed by atoms with Crippen LogP contribution in [-0.4, -0.2) is 4.98 Å². The van der Waals surface area contributed by atoms with Gasteiger partial charge in [-0.05, 0) is 46.3 Å². The quantitative estimate of drug-likeness (QED) is 0.856. The van der Waals surface area contributed by atoms with Crippen molar-refractivity contribution in [2.45, 2.75) is 0 Å². The van der Waals surface area contributed by atoms with Crippen molar-refractivity contribution in [1.29, 1.82) is 0 Å². The Morgan fingerprint density at radius 3 is 2.56 bits per heavy atom. The summed E-state index contributed by atoms with van der Waals surface area (Å²) in [4.78, 5) is 4.06. The monoisotopic (exact) mass is 298 g/mol. The third kappa shape index (κ3) is 2.65. The van der Waals surface area contributed by atoms with E-state index in [9.17, 15) is 0 Å². The zero-order valence-electron chi connectivity index (χ0n) is 8.15. The number of pyridine rings is 1. The fourth-order valence-electron chi connectivity index (χ4n) is 1.12. The van der Waals surface area contributed by atoms with Gasteiger partial charge in [-0.2, -0.15) is 0 Å². The molecule has 1 aromatic carbocycles. The number of nitrogens with two attached hydrogens (primary N) is 1. The van der Waals surface area contributed by atoms with E-state index in [-0.39, 0.29) is 0 Å². The summed E-state index contributed by atoms with van der Waals surface area (Å²) in [6, 6.07) is 8.80. The number of hydrogen-bond donors (Lipinski definition) is 1. The minimum atomic E-state index is 0.467. The lowest BCUT2D eigenvalue weighted by Gasteiger charge is -2.06. The Hall–Kier alpha value is -1.26. The van der Waals surface area contributed by atoms with Crippen LogP contribution in [0.3, 0.4) is 0 Å². The first-order valence-electron chi connectivity index (χ1n) is 4.49. The number of nitrogen functional groups attached to an aromatic ring is 1. The van der Waals surface area contributed by atoms with Crippen LogP contribution in [0.1, 0.15) is 0 Å². The topological polar surface area (TPSA) is 48.1 Å². The Morgan fingerprint density at radius 2 is 1.94 bits per heavy atom. The highest BCUT2D eigenvalue weighted by molar-refractivity contribution is 9.10. The van der Waals surface area contributed by atoms with Crippen LogP contribution in [0.15, 0.2) is 41.0 Å². The maximum absolute atomic E-state index is 5.78. The van der Waals surface area contributed by atoms with Crippen LogP contribution >= 0.6 is 27.5 Å². The summed E-state index contributed by atoms with van der Waals surface area (Å²) in [5.41, 5.74) is 6.26. The van der Waals surface area contributed by atoms with Crippen molar-refractivity contribution in [3.63, 3.8) is 0 Å². The molecular weight excluding hydrogens is 291 g/mol. The van der Waals surface area contributed by atoms with Crippen molar-refractivity contribution in [2.24, 2.45) is 0 Å². The number of aromatic nitrogens is 1. The van der Waals surface area contributed by atoms with Gasteiger partial charge in [-0.1, -0.05) is 11.6 Å². The van der Waals surface area contributed by atoms with Gasteiger partial charge in [0.25, 0.3) is 0 Å². The van der Waals surface area contributed by atoms with Crippen LogP contribution in [0.25, 0.3) is 0 Å². The third-order valence-electron chi connectivity index (χ3n) is 1.87. The van der Waals surface area contributed by atoms with E-state index < -0.39 is 0 Å². The largest absolute Gasteiger partial charge is 0.438 e. The molecule has 0 saturated carbocycles. The molecule has 16 heavy (non-hydrogen) atoms. The average molecular weight is 300 g/mol. The lowest BCUT2D eigenvalue weighted by Crippen LogP contribution is -1.90. The van der Waals surface area contributed by atoms with Gasteiger partial charge in [-0.3, -0.25) is 0 Å². The molecule has 82 valence electrons. The second kappa shape index (κ2) is 4.72. The van der Waals surface area contributed by atoms with Crippen molar-refractivity contribution in [2.75, 3.05) is 5.73 Å². The molecule has 0 amide bonds. The zero-order chi connectivity index (χ0) is 11.5. The molecule has 0 saturated heterocycles. The van der Waals surface area contributed by atoms with Gasteiger partial charge >= 0.3 is 0 Å². The van der Waals surface area contributed by atoms with Crippen molar-refractivity contribution in [3.8, 4) is 11.6 Å². The van der Waals surface area contributed by atoms with E-state index in [1.54, 1.807) is 30.3 Å². The number of anilines is 1. The van der Waals surface area contributed by atoms with E-state index >= 15 is 0 Å². The molecule has 2 N–H and O–H groups in total. The molecule has 0 aliphatic rings. The molecule has 0 atom stereocenters. The summed E-state index contributed by atoms with van der Waals surface area (Å²) >= 11 is 9.10. The molecule has 3 nitrogen and oxygen atoms in total. The van der Waals surface area contributed by atoms with Crippen LogP contribution in [0, 0.1) is 0 Å². The molecule has 0 aliphatic heterocycles. The highest BCUT2D eigenvalue weighted by atomic mass is 79.9. The lowest BCUT2D eigenvalue weighted by molar-refractivity contribution is 0.460. The molecule has 0 bridgehead atoms. The van der Waals surface area contributed by atoms with Crippen LogP contribution in [-0.2, 0) is 0 Å². The maximum Gasteiger partial charge on any atom is 0.233 e. The molecule has 0 aliphatic carbocycles. The Balaban J connectivity index is 2.23. The van der Waals surface area contributed by atoms with Gasteiger partial charge < -0.3 is 10.5 Å². The minimum absolute atomic E-state index is 0.467. The minimum Gasteiger partial charge on any atom is -0.438 e. The third-order valence-corrected chi connectivity index (χ3v) is 2.64. The Bertz CT molecular complexity index is 502. The average Bonchev–Trinajstić information content (AvgIpc) is 2.25. The molecule has 0 fully saturated rings. The van der Waals surface area contributed by atoms with Crippen LogP contribution < -0.4 is 10.5 Å². The van der Waals surface area contributed by atoms with Gasteiger partial charge in [0.05, 0.1) is 9.50 Å². The number of hydrogen-bond acceptors (Lipinski definition) is 3. The lowest BCUT2D eigenvalue weighted by atomic mass is 10.3. The van der Waals surface area contributed by atoms with Crippen LogP contribution in [0.5, 0.6) is 11.6 Å². The number of nitrogens with zero attached hydrogens (tertiary/aromatic N) is 1. The van der Waals surface area contributed by atoms with Gasteiger partial charge in [-0.15, -0.1) is 0 Å². The Labute approximate surface area is 106 Å². The second-order valence-electron chi connectivity index (χ2n) is 3.11. The van der Waals surface area contributed by atoms with Gasteiger partial charge in [0, 0.05) is 11.9 Å².